The Bertz CT molecular complexity index is 310. The van der Waals surface area contributed by atoms with Crippen molar-refractivity contribution >= 4 is 5.97 Å². The Morgan fingerprint density at radius 1 is 0.913 bits per heavy atom. The van der Waals surface area contributed by atoms with Gasteiger partial charge in [-0.05, 0) is 25.7 Å². The molecular weight excluding hydrogens is 292 g/mol. The molecule has 0 amide bonds. The number of hydrogen-bond acceptors (Lipinski definition) is 4. The Balaban J connectivity index is 3.30. The quantitative estimate of drug-likeness (QED) is 0.263. The van der Waals surface area contributed by atoms with Crippen LogP contribution in [0.4, 0.5) is 0 Å². The van der Waals surface area contributed by atoms with E-state index < -0.39 is 0 Å². The molecule has 134 valence electrons. The Kier molecular flexibility index (Phi) is 18.0. The molecule has 0 bridgehead atoms. The predicted octanol–water partition coefficient (Wildman–Crippen LogP) is 4.18. The number of ether oxygens (including phenoxy) is 2. The van der Waals surface area contributed by atoms with E-state index in [1.807, 2.05) is 6.08 Å². The highest BCUT2D eigenvalue weighted by atomic mass is 16.6. The van der Waals surface area contributed by atoms with E-state index in [1.54, 1.807) is 0 Å². The number of aliphatic hydroxyl groups is 1. The normalized spacial score (nSPS) is 11.6. The van der Waals surface area contributed by atoms with Gasteiger partial charge in [-0.2, -0.15) is 0 Å². The molecule has 0 heterocycles. The lowest BCUT2D eigenvalue weighted by atomic mass is 10.1. The van der Waals surface area contributed by atoms with Crippen LogP contribution >= 0.6 is 0 Å². The summed E-state index contributed by atoms with van der Waals surface area (Å²) in [7, 11) is 0. The van der Waals surface area contributed by atoms with Gasteiger partial charge in [0.15, 0.2) is 0 Å². The molecule has 0 aliphatic heterocycles. The average molecular weight is 326 g/mol. The van der Waals surface area contributed by atoms with Crippen molar-refractivity contribution in [3.63, 3.8) is 0 Å². The fraction of sp³-hybridized carbons (Fsp3) is 0.737. The number of carbonyl (C=O) groups is 1. The Morgan fingerprint density at radius 3 is 2.35 bits per heavy atom. The summed E-state index contributed by atoms with van der Waals surface area (Å²) < 4.78 is 9.84. The highest BCUT2D eigenvalue weighted by Crippen LogP contribution is 2.07. The second-order valence-corrected chi connectivity index (χ2v) is 5.52. The summed E-state index contributed by atoms with van der Waals surface area (Å²) in [6.07, 6.45) is 19.4. The minimum Gasteiger partial charge on any atom is -0.464 e. The van der Waals surface area contributed by atoms with Gasteiger partial charge in [0.25, 0.3) is 0 Å². The van der Waals surface area contributed by atoms with E-state index in [-0.39, 0.29) is 25.8 Å². The third-order valence-electron chi connectivity index (χ3n) is 3.33. The van der Waals surface area contributed by atoms with Gasteiger partial charge in [-0.25, -0.2) is 4.79 Å². The number of aliphatic hydroxyl groups excluding tert-OH is 1. The zero-order valence-corrected chi connectivity index (χ0v) is 14.7. The minimum atomic E-state index is -0.384. The van der Waals surface area contributed by atoms with Crippen LogP contribution in [0.25, 0.3) is 0 Å². The molecule has 0 aromatic heterocycles. The maximum atomic E-state index is 11.2. The fourth-order valence-electron chi connectivity index (χ4n) is 2.05. The standard InChI is InChI=1S/C19H34O4/c1-2-3-4-5-6-7-8-9-10-11-12-13-14-16-23-19(21)18-22-17-15-20/h9-10,12-13,20H,2-8,11,14-18H2,1H3/b10-9-,13-12-. The first kappa shape index (κ1) is 21.9. The average Bonchev–Trinajstić information content (AvgIpc) is 2.55. The summed E-state index contributed by atoms with van der Waals surface area (Å²) in [6.45, 7) is 2.61. The Hall–Kier alpha value is -1.13. The van der Waals surface area contributed by atoms with Crippen LogP contribution < -0.4 is 0 Å². The van der Waals surface area contributed by atoms with Gasteiger partial charge in [0.05, 0.1) is 19.8 Å². The van der Waals surface area contributed by atoms with Crippen LogP contribution in [0.2, 0.25) is 0 Å². The van der Waals surface area contributed by atoms with Crippen LogP contribution in [-0.2, 0) is 14.3 Å². The third kappa shape index (κ3) is 18.8. The van der Waals surface area contributed by atoms with E-state index in [0.29, 0.717) is 6.61 Å². The maximum Gasteiger partial charge on any atom is 0.332 e. The summed E-state index contributed by atoms with van der Waals surface area (Å²) in [5, 5.41) is 8.50. The molecule has 0 rings (SSSR count). The molecule has 0 aromatic carbocycles. The first-order valence-corrected chi connectivity index (χ1v) is 8.95. The van der Waals surface area contributed by atoms with Crippen molar-refractivity contribution in [2.75, 3.05) is 26.4 Å². The first-order chi connectivity index (χ1) is 11.3. The molecule has 0 aliphatic carbocycles. The number of rotatable bonds is 16. The van der Waals surface area contributed by atoms with Crippen LogP contribution in [0.15, 0.2) is 24.3 Å². The van der Waals surface area contributed by atoms with E-state index in [9.17, 15) is 4.79 Å². The first-order valence-electron chi connectivity index (χ1n) is 8.95. The van der Waals surface area contributed by atoms with Crippen molar-refractivity contribution in [2.45, 2.75) is 64.7 Å². The van der Waals surface area contributed by atoms with Crippen LogP contribution in [0.1, 0.15) is 64.7 Å². The number of hydrogen-bond donors (Lipinski definition) is 1. The van der Waals surface area contributed by atoms with Crippen molar-refractivity contribution < 1.29 is 19.4 Å². The smallest absolute Gasteiger partial charge is 0.332 e. The van der Waals surface area contributed by atoms with Gasteiger partial charge in [-0.1, -0.05) is 63.3 Å². The van der Waals surface area contributed by atoms with E-state index in [1.165, 1.54) is 44.9 Å². The van der Waals surface area contributed by atoms with Crippen LogP contribution in [0.3, 0.4) is 0 Å². The molecule has 0 spiro atoms. The van der Waals surface area contributed by atoms with Crippen molar-refractivity contribution in [1.82, 2.24) is 0 Å². The second-order valence-electron chi connectivity index (χ2n) is 5.52. The van der Waals surface area contributed by atoms with Gasteiger partial charge in [0.1, 0.15) is 6.61 Å². The number of unbranched alkanes of at least 4 members (excludes halogenated alkanes) is 6. The topological polar surface area (TPSA) is 55.8 Å². The van der Waals surface area contributed by atoms with Gasteiger partial charge < -0.3 is 14.6 Å². The van der Waals surface area contributed by atoms with Gasteiger partial charge in [0, 0.05) is 0 Å². The highest BCUT2D eigenvalue weighted by Gasteiger charge is 2.00. The molecule has 1 N–H and O–H groups in total. The van der Waals surface area contributed by atoms with Gasteiger partial charge >= 0.3 is 5.97 Å². The summed E-state index contributed by atoms with van der Waals surface area (Å²) in [5.74, 6) is -0.384. The summed E-state index contributed by atoms with van der Waals surface area (Å²) >= 11 is 0. The van der Waals surface area contributed by atoms with Crippen LogP contribution in [0, 0.1) is 0 Å². The fourth-order valence-corrected chi connectivity index (χ4v) is 2.05. The van der Waals surface area contributed by atoms with Gasteiger partial charge in [0.2, 0.25) is 0 Å². The molecular formula is C19H34O4. The van der Waals surface area contributed by atoms with E-state index in [0.717, 1.165) is 12.8 Å². The molecule has 0 saturated heterocycles. The molecule has 0 saturated carbocycles. The monoisotopic (exact) mass is 326 g/mol. The number of esters is 1. The van der Waals surface area contributed by atoms with Gasteiger partial charge in [-0.3, -0.25) is 0 Å². The Labute approximate surface area is 141 Å². The zero-order valence-electron chi connectivity index (χ0n) is 14.7. The largest absolute Gasteiger partial charge is 0.464 e. The zero-order chi connectivity index (χ0) is 17.0. The minimum absolute atomic E-state index is 0.0810. The van der Waals surface area contributed by atoms with Crippen LogP contribution in [-0.4, -0.2) is 37.5 Å². The summed E-state index contributed by atoms with van der Waals surface area (Å²) in [6, 6.07) is 0. The molecule has 4 heteroatoms. The van der Waals surface area contributed by atoms with E-state index >= 15 is 0 Å². The number of carbonyl (C=O) groups excluding carboxylic acids is 1. The molecule has 0 unspecified atom stereocenters. The SMILES string of the molecule is CCCCCCCC/C=C\C/C=C\CCOC(=O)COCCO. The molecule has 0 atom stereocenters. The van der Waals surface area contributed by atoms with Crippen molar-refractivity contribution in [2.24, 2.45) is 0 Å². The lowest BCUT2D eigenvalue weighted by molar-refractivity contribution is -0.149. The lowest BCUT2D eigenvalue weighted by Crippen LogP contribution is -2.14. The predicted molar refractivity (Wildman–Crippen MR) is 94.4 cm³/mol. The number of allylic oxidation sites excluding steroid dienone is 3. The van der Waals surface area contributed by atoms with Crippen molar-refractivity contribution in [3.8, 4) is 0 Å². The molecule has 0 aromatic rings. The van der Waals surface area contributed by atoms with Crippen LogP contribution in [0.5, 0.6) is 0 Å². The summed E-state index contributed by atoms with van der Waals surface area (Å²) in [5.41, 5.74) is 0. The molecule has 0 radical (unpaired) electrons. The van der Waals surface area contributed by atoms with Crippen molar-refractivity contribution in [3.05, 3.63) is 24.3 Å². The second kappa shape index (κ2) is 18.9. The van der Waals surface area contributed by atoms with Gasteiger partial charge in [-0.15, -0.1) is 0 Å². The molecule has 4 nitrogen and oxygen atoms in total. The molecule has 0 aliphatic rings. The Morgan fingerprint density at radius 2 is 1.61 bits per heavy atom. The summed E-state index contributed by atoms with van der Waals surface area (Å²) in [4.78, 5) is 11.2. The van der Waals surface area contributed by atoms with E-state index in [2.05, 4.69) is 25.2 Å². The highest BCUT2D eigenvalue weighted by molar-refractivity contribution is 5.70. The molecule has 0 fully saturated rings. The van der Waals surface area contributed by atoms with E-state index in [4.69, 9.17) is 14.6 Å². The molecule has 23 heavy (non-hydrogen) atoms. The van der Waals surface area contributed by atoms with Crippen molar-refractivity contribution in [1.29, 1.82) is 0 Å². The lowest BCUT2D eigenvalue weighted by Gasteiger charge is -2.03. The maximum absolute atomic E-state index is 11.2. The third-order valence-corrected chi connectivity index (χ3v) is 3.33.